The molecule has 5 N–H and O–H groups in total. The summed E-state index contributed by atoms with van der Waals surface area (Å²) in [5.74, 6) is -0.844. The van der Waals surface area contributed by atoms with Gasteiger partial charge in [0, 0.05) is 18.3 Å². The Hall–Kier alpha value is -4.90. The normalized spacial score (nSPS) is 11.3. The number of hydrogen-bond acceptors (Lipinski definition) is 8. The lowest BCUT2D eigenvalue weighted by atomic mass is 10.0. The van der Waals surface area contributed by atoms with Crippen LogP contribution in [-0.2, 0) is 11.3 Å². The number of ether oxygens (including phenoxy) is 2. The van der Waals surface area contributed by atoms with Gasteiger partial charge >= 0.3 is 0 Å². The van der Waals surface area contributed by atoms with Crippen molar-refractivity contribution in [1.29, 1.82) is 0 Å². The van der Waals surface area contributed by atoms with Crippen molar-refractivity contribution in [3.05, 3.63) is 101 Å². The van der Waals surface area contributed by atoms with Gasteiger partial charge in [-0.2, -0.15) is 4.37 Å². The average molecular weight is 560 g/mol. The molecule has 0 aliphatic rings. The van der Waals surface area contributed by atoms with Crippen LogP contribution in [0.25, 0.3) is 0 Å². The topological polar surface area (TPSA) is 150 Å². The zero-order valence-corrected chi connectivity index (χ0v) is 22.8. The number of anilines is 2. The molecule has 1 heterocycles. The zero-order chi connectivity index (χ0) is 28.6. The number of benzene rings is 3. The molecule has 0 spiro atoms. The Morgan fingerprint density at radius 1 is 1.00 bits per heavy atom. The molecule has 1 atom stereocenters. The molecule has 0 saturated carbocycles. The van der Waals surface area contributed by atoms with Crippen molar-refractivity contribution in [3.8, 4) is 11.5 Å². The smallest absolute Gasteiger partial charge is 0.273 e. The molecule has 4 rings (SSSR count). The first-order valence-electron chi connectivity index (χ1n) is 12.4. The molecule has 3 aromatic carbocycles. The summed E-state index contributed by atoms with van der Waals surface area (Å²) in [5.41, 5.74) is 13.0. The molecule has 10 nitrogen and oxygen atoms in total. The minimum absolute atomic E-state index is 0.0246. The zero-order valence-electron chi connectivity index (χ0n) is 22.0. The molecule has 0 bridgehead atoms. The number of primary amides is 1. The summed E-state index contributed by atoms with van der Waals surface area (Å²) in [5, 5.41) is 2.95. The van der Waals surface area contributed by atoms with Crippen LogP contribution in [0.15, 0.2) is 78.9 Å². The predicted molar refractivity (Wildman–Crippen MR) is 153 cm³/mol. The van der Waals surface area contributed by atoms with Gasteiger partial charge in [0.15, 0.2) is 5.69 Å². The van der Waals surface area contributed by atoms with Crippen LogP contribution in [-0.4, -0.2) is 35.8 Å². The Labute approximate surface area is 235 Å². The van der Waals surface area contributed by atoms with Gasteiger partial charge in [0.2, 0.25) is 5.91 Å². The molecule has 4 aromatic rings. The molecule has 0 aliphatic heterocycles. The largest absolute Gasteiger partial charge is 0.497 e. The fourth-order valence-electron chi connectivity index (χ4n) is 4.09. The van der Waals surface area contributed by atoms with Gasteiger partial charge in [-0.05, 0) is 53.8 Å². The molecule has 40 heavy (non-hydrogen) atoms. The second-order valence-corrected chi connectivity index (χ2v) is 9.40. The van der Waals surface area contributed by atoms with E-state index in [1.807, 2.05) is 37.3 Å². The quantitative estimate of drug-likeness (QED) is 0.252. The maximum Gasteiger partial charge on any atom is 0.273 e. The van der Waals surface area contributed by atoms with E-state index >= 15 is 0 Å². The number of carbonyl (C=O) groups is 3. The second-order valence-electron chi connectivity index (χ2n) is 8.62. The lowest BCUT2D eigenvalue weighted by Gasteiger charge is -2.31. The fraction of sp³-hybridized carbons (Fsp3) is 0.172. The van der Waals surface area contributed by atoms with Gasteiger partial charge in [0.05, 0.1) is 19.4 Å². The molecule has 0 radical (unpaired) electrons. The first kappa shape index (κ1) is 28.1. The van der Waals surface area contributed by atoms with Gasteiger partial charge in [-0.25, -0.2) is 0 Å². The lowest BCUT2D eigenvalue weighted by Crippen LogP contribution is -2.44. The van der Waals surface area contributed by atoms with Gasteiger partial charge in [-0.3, -0.25) is 19.3 Å². The van der Waals surface area contributed by atoms with Crippen molar-refractivity contribution in [3.63, 3.8) is 0 Å². The van der Waals surface area contributed by atoms with Gasteiger partial charge in [-0.1, -0.05) is 48.5 Å². The van der Waals surface area contributed by atoms with E-state index in [9.17, 15) is 14.4 Å². The molecule has 0 unspecified atom stereocenters. The number of carbonyl (C=O) groups excluding carboxylic acids is 3. The highest BCUT2D eigenvalue weighted by Gasteiger charge is 2.36. The Bertz CT molecular complexity index is 1490. The van der Waals surface area contributed by atoms with E-state index in [0.29, 0.717) is 29.4 Å². The van der Waals surface area contributed by atoms with Gasteiger partial charge in [0.1, 0.15) is 22.4 Å². The molecule has 11 heteroatoms. The van der Waals surface area contributed by atoms with Crippen molar-refractivity contribution < 1.29 is 23.9 Å². The maximum atomic E-state index is 14.2. The number of rotatable bonds is 11. The van der Waals surface area contributed by atoms with E-state index in [-0.39, 0.29) is 22.8 Å². The van der Waals surface area contributed by atoms with E-state index in [1.54, 1.807) is 48.5 Å². The molecule has 206 valence electrons. The second kappa shape index (κ2) is 12.8. The van der Waals surface area contributed by atoms with Gasteiger partial charge < -0.3 is 26.3 Å². The van der Waals surface area contributed by atoms with E-state index in [0.717, 1.165) is 17.1 Å². The van der Waals surface area contributed by atoms with Crippen molar-refractivity contribution >= 4 is 40.6 Å². The third kappa shape index (κ3) is 6.21. The fourth-order valence-corrected chi connectivity index (χ4v) is 4.84. The van der Waals surface area contributed by atoms with Gasteiger partial charge in [-0.15, -0.1) is 0 Å². The van der Waals surface area contributed by atoms with Gasteiger partial charge in [0.25, 0.3) is 11.8 Å². The highest BCUT2D eigenvalue weighted by molar-refractivity contribution is 7.09. The summed E-state index contributed by atoms with van der Waals surface area (Å²) in [7, 11) is 1.50. The monoisotopic (exact) mass is 559 g/mol. The minimum Gasteiger partial charge on any atom is -0.497 e. The highest BCUT2D eigenvalue weighted by atomic mass is 32.1. The first-order valence-corrected chi connectivity index (χ1v) is 13.2. The Morgan fingerprint density at radius 3 is 2.35 bits per heavy atom. The summed E-state index contributed by atoms with van der Waals surface area (Å²) < 4.78 is 15.0. The number of nitrogens with zero attached hydrogens (tertiary/aromatic N) is 2. The van der Waals surface area contributed by atoms with Crippen molar-refractivity contribution in [2.24, 2.45) is 5.73 Å². The molecule has 0 aliphatic carbocycles. The molecule has 0 fully saturated rings. The third-order valence-electron chi connectivity index (χ3n) is 6.03. The molecular formula is C29H29N5O5S. The number of amides is 3. The summed E-state index contributed by atoms with van der Waals surface area (Å²) in [6.45, 7) is 2.58. The number of nitrogens with one attached hydrogen (secondary N) is 1. The summed E-state index contributed by atoms with van der Waals surface area (Å²) in [6.07, 6.45) is 0. The molecule has 1 aromatic heterocycles. The third-order valence-corrected chi connectivity index (χ3v) is 6.88. The van der Waals surface area contributed by atoms with Crippen LogP contribution in [0.4, 0.5) is 11.4 Å². The highest BCUT2D eigenvalue weighted by Crippen LogP contribution is 2.35. The van der Waals surface area contributed by atoms with Crippen LogP contribution in [0.5, 0.6) is 11.5 Å². The minimum atomic E-state index is -1.14. The van der Waals surface area contributed by atoms with Crippen LogP contribution >= 0.6 is 11.5 Å². The Balaban J connectivity index is 1.84. The number of aromatic nitrogens is 1. The average Bonchev–Trinajstić information content (AvgIpc) is 3.37. The maximum absolute atomic E-state index is 14.2. The number of nitrogen functional groups attached to an aromatic ring is 1. The summed E-state index contributed by atoms with van der Waals surface area (Å²) in [6, 6.07) is 21.9. The molecule has 0 saturated heterocycles. The van der Waals surface area contributed by atoms with Crippen LogP contribution in [0, 0.1) is 0 Å². The number of methoxy groups -OCH3 is 1. The van der Waals surface area contributed by atoms with E-state index in [2.05, 4.69) is 9.69 Å². The summed E-state index contributed by atoms with van der Waals surface area (Å²) in [4.78, 5) is 41.2. The lowest BCUT2D eigenvalue weighted by molar-refractivity contribution is -0.122. The first-order chi connectivity index (χ1) is 19.3. The van der Waals surface area contributed by atoms with E-state index in [1.165, 1.54) is 12.0 Å². The SMILES string of the molecule is CCOc1ccc([C@@H](C(=O)NCc2ccccc2)N(C(=O)c2snc(C(N)=O)c2N)c2cccc(OC)c2)cc1. The Kier molecular flexibility index (Phi) is 8.97. The predicted octanol–water partition coefficient (Wildman–Crippen LogP) is 3.94. The summed E-state index contributed by atoms with van der Waals surface area (Å²) >= 11 is 0.739. The molecular weight excluding hydrogens is 530 g/mol. The van der Waals surface area contributed by atoms with Crippen LogP contribution in [0.1, 0.15) is 44.3 Å². The molecule has 3 amide bonds. The van der Waals surface area contributed by atoms with Crippen LogP contribution in [0.3, 0.4) is 0 Å². The van der Waals surface area contributed by atoms with Crippen molar-refractivity contribution in [1.82, 2.24) is 9.69 Å². The number of nitrogens with two attached hydrogens (primary N) is 2. The Morgan fingerprint density at radius 2 is 1.73 bits per heavy atom. The van der Waals surface area contributed by atoms with E-state index < -0.39 is 23.8 Å². The number of hydrogen-bond donors (Lipinski definition) is 3. The van der Waals surface area contributed by atoms with Crippen molar-refractivity contribution in [2.45, 2.75) is 19.5 Å². The van der Waals surface area contributed by atoms with Crippen LogP contribution in [0.2, 0.25) is 0 Å². The standard InChI is InChI=1S/C29H29N5O5S/c1-3-39-21-14-12-19(13-15-21)25(28(36)32-17-18-8-5-4-6-9-18)34(20-10-7-11-22(16-20)38-2)29(37)26-23(30)24(27(31)35)33-40-26/h4-16,25H,3,17,30H2,1-2H3,(H2,31,35)(H,32,36)/t25-/m0/s1. The van der Waals surface area contributed by atoms with Crippen molar-refractivity contribution in [2.75, 3.05) is 24.4 Å². The van der Waals surface area contributed by atoms with E-state index in [4.69, 9.17) is 20.9 Å². The van der Waals surface area contributed by atoms with Crippen LogP contribution < -0.4 is 31.2 Å².